The molecular formula is C21H26N2O5. The van der Waals surface area contributed by atoms with Gasteiger partial charge in [0.1, 0.15) is 6.61 Å². The van der Waals surface area contributed by atoms with Crippen molar-refractivity contribution in [2.75, 3.05) is 7.11 Å². The van der Waals surface area contributed by atoms with Crippen LogP contribution in [0, 0.1) is 10.1 Å². The molecule has 0 aromatic heterocycles. The van der Waals surface area contributed by atoms with Gasteiger partial charge in [0.15, 0.2) is 11.5 Å². The van der Waals surface area contributed by atoms with Gasteiger partial charge in [-0.3, -0.25) is 10.1 Å². The van der Waals surface area contributed by atoms with Crippen molar-refractivity contribution in [2.24, 2.45) is 0 Å². The average molecular weight is 386 g/mol. The third kappa shape index (κ3) is 5.43. The molecule has 0 atom stereocenters. The summed E-state index contributed by atoms with van der Waals surface area (Å²) in [5.74, 6) is 1.28. The monoisotopic (exact) mass is 386 g/mol. The molecule has 3 rings (SSSR count). The molecule has 0 amide bonds. The minimum absolute atomic E-state index is 0.0608. The molecule has 2 aromatic rings. The highest BCUT2D eigenvalue weighted by atomic mass is 16.6. The summed E-state index contributed by atoms with van der Waals surface area (Å²) in [6, 6.07) is 12.6. The zero-order valence-electron chi connectivity index (χ0n) is 16.0. The van der Waals surface area contributed by atoms with Gasteiger partial charge in [-0.15, -0.1) is 0 Å². The van der Waals surface area contributed by atoms with Crippen LogP contribution in [0.5, 0.6) is 11.5 Å². The van der Waals surface area contributed by atoms with E-state index in [1.165, 1.54) is 12.1 Å². The fraction of sp³-hybridized carbons (Fsp3) is 0.429. The molecule has 0 unspecified atom stereocenters. The summed E-state index contributed by atoms with van der Waals surface area (Å²) in [6.07, 6.45) is 3.56. The second-order valence-electron chi connectivity index (χ2n) is 7.08. The lowest BCUT2D eigenvalue weighted by Gasteiger charge is -2.26. The smallest absolute Gasteiger partial charge is 0.269 e. The van der Waals surface area contributed by atoms with Gasteiger partial charge in [0.05, 0.1) is 18.1 Å². The molecule has 2 aromatic carbocycles. The molecule has 7 nitrogen and oxygen atoms in total. The van der Waals surface area contributed by atoms with Crippen LogP contribution >= 0.6 is 0 Å². The lowest BCUT2D eigenvalue weighted by Crippen LogP contribution is -2.34. The van der Waals surface area contributed by atoms with Crippen molar-refractivity contribution < 1.29 is 19.5 Å². The highest BCUT2D eigenvalue weighted by Crippen LogP contribution is 2.29. The maximum atomic E-state index is 10.7. The van der Waals surface area contributed by atoms with Crippen molar-refractivity contribution in [3.8, 4) is 11.5 Å². The Bertz CT molecular complexity index is 786. The number of benzene rings is 2. The van der Waals surface area contributed by atoms with Crippen molar-refractivity contribution in [3.63, 3.8) is 0 Å². The Balaban J connectivity index is 1.55. The minimum Gasteiger partial charge on any atom is -0.493 e. The zero-order valence-corrected chi connectivity index (χ0v) is 16.0. The van der Waals surface area contributed by atoms with Gasteiger partial charge in [-0.2, -0.15) is 0 Å². The predicted molar refractivity (Wildman–Crippen MR) is 106 cm³/mol. The highest BCUT2D eigenvalue weighted by molar-refractivity contribution is 5.43. The maximum absolute atomic E-state index is 10.7. The van der Waals surface area contributed by atoms with Crippen LogP contribution in [0.3, 0.4) is 0 Å². The molecule has 0 heterocycles. The number of nitrogens with zero attached hydrogens (tertiary/aromatic N) is 1. The second-order valence-corrected chi connectivity index (χ2v) is 7.08. The summed E-state index contributed by atoms with van der Waals surface area (Å²) >= 11 is 0. The van der Waals surface area contributed by atoms with E-state index < -0.39 is 4.92 Å². The summed E-state index contributed by atoms with van der Waals surface area (Å²) in [5.41, 5.74) is 2.01. The van der Waals surface area contributed by atoms with Crippen LogP contribution in [0.2, 0.25) is 0 Å². The summed E-state index contributed by atoms with van der Waals surface area (Å²) in [7, 11) is 1.60. The van der Waals surface area contributed by atoms with E-state index in [2.05, 4.69) is 5.32 Å². The van der Waals surface area contributed by atoms with Crippen molar-refractivity contribution in [1.82, 2.24) is 5.32 Å². The molecule has 1 aliphatic rings. The molecule has 1 fully saturated rings. The van der Waals surface area contributed by atoms with Crippen LogP contribution in [-0.2, 0) is 13.2 Å². The van der Waals surface area contributed by atoms with E-state index in [1.54, 1.807) is 19.2 Å². The average Bonchev–Trinajstić information content (AvgIpc) is 2.72. The zero-order chi connectivity index (χ0) is 19.9. The third-order valence-electron chi connectivity index (χ3n) is 5.06. The topological polar surface area (TPSA) is 93.9 Å². The molecule has 0 saturated heterocycles. The lowest BCUT2D eigenvalue weighted by molar-refractivity contribution is -0.384. The molecule has 0 aliphatic heterocycles. The van der Waals surface area contributed by atoms with Crippen LogP contribution in [0.15, 0.2) is 42.5 Å². The Kier molecular flexibility index (Phi) is 6.84. The van der Waals surface area contributed by atoms with Gasteiger partial charge in [-0.05, 0) is 61.1 Å². The Labute approximate surface area is 164 Å². The number of aliphatic hydroxyl groups excluding tert-OH is 1. The van der Waals surface area contributed by atoms with Gasteiger partial charge in [0, 0.05) is 24.7 Å². The van der Waals surface area contributed by atoms with Crippen molar-refractivity contribution in [2.45, 2.75) is 51.0 Å². The van der Waals surface area contributed by atoms with E-state index in [9.17, 15) is 15.2 Å². The number of ether oxygens (including phenoxy) is 2. The standard InChI is InChI=1S/C21H26N2O5/c1-27-21-12-16(13-22-17-5-9-19(24)10-6-17)4-11-20(21)28-14-15-2-7-18(8-3-15)23(25)26/h2-4,7-8,11-12,17,19,22,24H,5-6,9-10,13-14H2,1H3. The van der Waals surface area contributed by atoms with Gasteiger partial charge in [-0.25, -0.2) is 0 Å². The SMILES string of the molecule is COc1cc(CNC2CCC(O)CC2)ccc1OCc1ccc([N+](=O)[O-])cc1. The molecular weight excluding hydrogens is 360 g/mol. The van der Waals surface area contributed by atoms with Crippen LogP contribution < -0.4 is 14.8 Å². The summed E-state index contributed by atoms with van der Waals surface area (Å²) in [6.45, 7) is 1.04. The van der Waals surface area contributed by atoms with Crippen molar-refractivity contribution in [1.29, 1.82) is 0 Å². The molecule has 1 saturated carbocycles. The number of hydrogen-bond acceptors (Lipinski definition) is 6. The molecule has 2 N–H and O–H groups in total. The summed E-state index contributed by atoms with van der Waals surface area (Å²) in [5, 5.41) is 23.8. The first-order valence-electron chi connectivity index (χ1n) is 9.49. The number of nitrogens with one attached hydrogen (secondary N) is 1. The Morgan fingerprint density at radius 1 is 1.07 bits per heavy atom. The van der Waals surface area contributed by atoms with E-state index in [4.69, 9.17) is 9.47 Å². The number of non-ortho nitro benzene ring substituents is 1. The number of nitro groups is 1. The molecule has 7 heteroatoms. The van der Waals surface area contributed by atoms with Crippen molar-refractivity contribution >= 4 is 5.69 Å². The fourth-order valence-electron chi connectivity index (χ4n) is 3.36. The summed E-state index contributed by atoms with van der Waals surface area (Å²) < 4.78 is 11.3. The Morgan fingerprint density at radius 3 is 2.39 bits per heavy atom. The van der Waals surface area contributed by atoms with Crippen LogP contribution in [0.4, 0.5) is 5.69 Å². The fourth-order valence-corrected chi connectivity index (χ4v) is 3.36. The van der Waals surface area contributed by atoms with Gasteiger partial charge in [-0.1, -0.05) is 6.07 Å². The Hall–Kier alpha value is -2.64. The molecule has 28 heavy (non-hydrogen) atoms. The number of nitro benzene ring substituents is 1. The molecule has 1 aliphatic carbocycles. The molecule has 0 radical (unpaired) electrons. The number of rotatable bonds is 8. The normalized spacial score (nSPS) is 19.2. The lowest BCUT2D eigenvalue weighted by atomic mass is 9.93. The van der Waals surface area contributed by atoms with Crippen LogP contribution in [-0.4, -0.2) is 29.3 Å². The van der Waals surface area contributed by atoms with Gasteiger partial charge in [0.25, 0.3) is 5.69 Å². The number of aliphatic hydroxyl groups is 1. The highest BCUT2D eigenvalue weighted by Gasteiger charge is 2.18. The van der Waals surface area contributed by atoms with E-state index in [0.29, 0.717) is 24.1 Å². The number of hydrogen-bond donors (Lipinski definition) is 2. The van der Waals surface area contributed by atoms with Crippen LogP contribution in [0.1, 0.15) is 36.8 Å². The molecule has 0 bridgehead atoms. The van der Waals surface area contributed by atoms with E-state index in [-0.39, 0.29) is 11.8 Å². The van der Waals surface area contributed by atoms with Gasteiger partial charge < -0.3 is 19.9 Å². The second kappa shape index (κ2) is 9.52. The first-order valence-corrected chi connectivity index (χ1v) is 9.49. The number of methoxy groups -OCH3 is 1. The van der Waals surface area contributed by atoms with E-state index in [0.717, 1.165) is 43.4 Å². The van der Waals surface area contributed by atoms with E-state index >= 15 is 0 Å². The maximum Gasteiger partial charge on any atom is 0.269 e. The van der Waals surface area contributed by atoms with Crippen molar-refractivity contribution in [3.05, 3.63) is 63.7 Å². The van der Waals surface area contributed by atoms with Gasteiger partial charge in [0.2, 0.25) is 0 Å². The van der Waals surface area contributed by atoms with Gasteiger partial charge >= 0.3 is 0 Å². The van der Waals surface area contributed by atoms with E-state index in [1.807, 2.05) is 18.2 Å². The predicted octanol–water partition coefficient (Wildman–Crippen LogP) is 3.58. The summed E-state index contributed by atoms with van der Waals surface area (Å²) in [4.78, 5) is 10.3. The molecule has 150 valence electrons. The Morgan fingerprint density at radius 2 is 1.75 bits per heavy atom. The minimum atomic E-state index is -0.421. The largest absolute Gasteiger partial charge is 0.493 e. The van der Waals surface area contributed by atoms with Crippen LogP contribution in [0.25, 0.3) is 0 Å². The first-order chi connectivity index (χ1) is 13.5. The molecule has 0 spiro atoms. The quantitative estimate of drug-likeness (QED) is 0.532. The third-order valence-corrected chi connectivity index (χ3v) is 5.06. The first kappa shape index (κ1) is 20.1.